The van der Waals surface area contributed by atoms with E-state index in [0.29, 0.717) is 0 Å². The van der Waals surface area contributed by atoms with Gasteiger partial charge in [-0.2, -0.15) is 0 Å². The molecule has 0 heterocycles. The number of benzene rings is 2. The molecule has 0 spiro atoms. The van der Waals surface area contributed by atoms with Crippen LogP contribution in [0.4, 0.5) is 0 Å². The number of nitrogens with one attached hydrogen (secondary N) is 2. The first kappa shape index (κ1) is 15.5. The SMILES string of the molecule is S=C(NCCCCc1ccccc1)NCc1ccccc1. The average Bonchev–Trinajstić information content (AvgIpc) is 2.54. The minimum Gasteiger partial charge on any atom is -0.363 e. The van der Waals surface area contributed by atoms with Crippen LogP contribution in [0.5, 0.6) is 0 Å². The molecule has 3 heteroatoms. The molecule has 0 saturated carbocycles. The monoisotopic (exact) mass is 298 g/mol. The summed E-state index contributed by atoms with van der Waals surface area (Å²) in [6.45, 7) is 1.70. The van der Waals surface area contributed by atoms with Crippen molar-refractivity contribution in [1.82, 2.24) is 10.6 Å². The minimum absolute atomic E-state index is 0.735. The Bertz CT molecular complexity index is 525. The number of hydrogen-bond acceptors (Lipinski definition) is 1. The van der Waals surface area contributed by atoms with E-state index in [4.69, 9.17) is 12.2 Å². The minimum atomic E-state index is 0.735. The third-order valence-corrected chi connectivity index (χ3v) is 3.61. The predicted octanol–water partition coefficient (Wildman–Crippen LogP) is 3.67. The molecule has 21 heavy (non-hydrogen) atoms. The van der Waals surface area contributed by atoms with E-state index < -0.39 is 0 Å². The van der Waals surface area contributed by atoms with E-state index in [0.717, 1.165) is 31.0 Å². The molecule has 0 atom stereocenters. The molecular weight excluding hydrogens is 276 g/mol. The van der Waals surface area contributed by atoms with Gasteiger partial charge < -0.3 is 10.6 Å². The van der Waals surface area contributed by atoms with Crippen LogP contribution in [0, 0.1) is 0 Å². The zero-order valence-corrected chi connectivity index (χ0v) is 13.0. The Hall–Kier alpha value is -1.87. The lowest BCUT2D eigenvalue weighted by atomic mass is 10.1. The van der Waals surface area contributed by atoms with Crippen LogP contribution in [0.1, 0.15) is 24.0 Å². The fraction of sp³-hybridized carbons (Fsp3) is 0.278. The number of unbranched alkanes of at least 4 members (excludes halogenated alkanes) is 1. The summed E-state index contributed by atoms with van der Waals surface area (Å²) in [5, 5.41) is 7.22. The second-order valence-electron chi connectivity index (χ2n) is 5.04. The third-order valence-electron chi connectivity index (χ3n) is 3.32. The van der Waals surface area contributed by atoms with Crippen molar-refractivity contribution in [2.75, 3.05) is 6.54 Å². The molecule has 2 N–H and O–H groups in total. The molecule has 2 aromatic carbocycles. The lowest BCUT2D eigenvalue weighted by Crippen LogP contribution is -2.35. The van der Waals surface area contributed by atoms with Crippen LogP contribution >= 0.6 is 12.2 Å². The van der Waals surface area contributed by atoms with Crippen molar-refractivity contribution in [1.29, 1.82) is 0 Å². The van der Waals surface area contributed by atoms with Crippen LogP contribution in [0.3, 0.4) is 0 Å². The lowest BCUT2D eigenvalue weighted by Gasteiger charge is -2.10. The van der Waals surface area contributed by atoms with Gasteiger partial charge in [0.2, 0.25) is 0 Å². The Balaban J connectivity index is 1.53. The van der Waals surface area contributed by atoms with E-state index in [-0.39, 0.29) is 0 Å². The van der Waals surface area contributed by atoms with Crippen LogP contribution < -0.4 is 10.6 Å². The van der Waals surface area contributed by atoms with Gasteiger partial charge >= 0.3 is 0 Å². The first-order valence-electron chi connectivity index (χ1n) is 7.44. The molecule has 0 amide bonds. The smallest absolute Gasteiger partial charge is 0.166 e. The molecule has 0 saturated heterocycles. The Morgan fingerprint density at radius 1 is 0.762 bits per heavy atom. The van der Waals surface area contributed by atoms with E-state index >= 15 is 0 Å². The molecular formula is C18H22N2S. The van der Waals surface area contributed by atoms with E-state index in [1.54, 1.807) is 0 Å². The Morgan fingerprint density at radius 3 is 2.05 bits per heavy atom. The first-order chi connectivity index (χ1) is 10.3. The standard InChI is InChI=1S/C18H22N2S/c21-18(20-15-17-12-5-2-6-13-17)19-14-8-7-11-16-9-3-1-4-10-16/h1-6,9-10,12-13H,7-8,11,14-15H2,(H2,19,20,21). The van der Waals surface area contributed by atoms with Gasteiger partial charge in [-0.25, -0.2) is 0 Å². The number of rotatable bonds is 7. The second-order valence-corrected chi connectivity index (χ2v) is 5.45. The molecule has 110 valence electrons. The maximum absolute atomic E-state index is 5.27. The van der Waals surface area contributed by atoms with Crippen molar-refractivity contribution in [3.8, 4) is 0 Å². The zero-order valence-electron chi connectivity index (χ0n) is 12.2. The summed E-state index contributed by atoms with van der Waals surface area (Å²) >= 11 is 5.27. The Kier molecular flexibility index (Phi) is 6.75. The van der Waals surface area contributed by atoms with E-state index in [1.807, 2.05) is 18.2 Å². The van der Waals surface area contributed by atoms with Crippen LogP contribution in [-0.2, 0) is 13.0 Å². The molecule has 2 aromatic rings. The summed E-state index contributed by atoms with van der Waals surface area (Å²) in [5.41, 5.74) is 2.65. The van der Waals surface area contributed by atoms with Crippen molar-refractivity contribution in [2.45, 2.75) is 25.8 Å². The number of aryl methyl sites for hydroxylation is 1. The summed E-state index contributed by atoms with van der Waals surface area (Å²) < 4.78 is 0. The Labute approximate surface area is 132 Å². The van der Waals surface area contributed by atoms with Crippen LogP contribution in [-0.4, -0.2) is 11.7 Å². The molecule has 2 nitrogen and oxygen atoms in total. The lowest BCUT2D eigenvalue weighted by molar-refractivity contribution is 0.700. The normalized spacial score (nSPS) is 10.1. The maximum atomic E-state index is 5.27. The molecule has 0 aromatic heterocycles. The highest BCUT2D eigenvalue weighted by Gasteiger charge is 1.96. The molecule has 0 radical (unpaired) electrons. The third kappa shape index (κ3) is 6.41. The van der Waals surface area contributed by atoms with Crippen LogP contribution in [0.2, 0.25) is 0 Å². The van der Waals surface area contributed by atoms with Crippen molar-refractivity contribution in [3.63, 3.8) is 0 Å². The van der Waals surface area contributed by atoms with E-state index in [1.165, 1.54) is 17.5 Å². The topological polar surface area (TPSA) is 24.1 Å². The van der Waals surface area contributed by atoms with Gasteiger partial charge in [-0.05, 0) is 42.6 Å². The van der Waals surface area contributed by atoms with Crippen molar-refractivity contribution < 1.29 is 0 Å². The number of thiocarbonyl (C=S) groups is 1. The van der Waals surface area contributed by atoms with Gasteiger partial charge in [0.05, 0.1) is 0 Å². The van der Waals surface area contributed by atoms with Gasteiger partial charge in [0, 0.05) is 13.1 Å². The molecule has 0 aliphatic rings. The summed E-state index contributed by atoms with van der Waals surface area (Å²) in [5.74, 6) is 0. The van der Waals surface area contributed by atoms with Gasteiger partial charge in [0.25, 0.3) is 0 Å². The highest BCUT2D eigenvalue weighted by Crippen LogP contribution is 2.03. The fourth-order valence-corrected chi connectivity index (χ4v) is 2.32. The van der Waals surface area contributed by atoms with Crippen molar-refractivity contribution in [2.24, 2.45) is 0 Å². The zero-order chi connectivity index (χ0) is 14.8. The highest BCUT2D eigenvalue weighted by molar-refractivity contribution is 7.80. The molecule has 2 rings (SSSR count). The van der Waals surface area contributed by atoms with E-state index in [9.17, 15) is 0 Å². The van der Waals surface area contributed by atoms with Gasteiger partial charge in [-0.15, -0.1) is 0 Å². The largest absolute Gasteiger partial charge is 0.363 e. The predicted molar refractivity (Wildman–Crippen MR) is 93.3 cm³/mol. The van der Waals surface area contributed by atoms with E-state index in [2.05, 4.69) is 53.1 Å². The summed E-state index contributed by atoms with van der Waals surface area (Å²) in [7, 11) is 0. The maximum Gasteiger partial charge on any atom is 0.166 e. The quantitative estimate of drug-likeness (QED) is 0.602. The van der Waals surface area contributed by atoms with Gasteiger partial charge in [-0.3, -0.25) is 0 Å². The molecule has 0 fully saturated rings. The summed E-state index contributed by atoms with van der Waals surface area (Å²) in [4.78, 5) is 0. The summed E-state index contributed by atoms with van der Waals surface area (Å²) in [6, 6.07) is 20.9. The summed E-state index contributed by atoms with van der Waals surface area (Å²) in [6.07, 6.45) is 3.44. The second kappa shape index (κ2) is 9.14. The highest BCUT2D eigenvalue weighted by atomic mass is 32.1. The van der Waals surface area contributed by atoms with Crippen molar-refractivity contribution in [3.05, 3.63) is 71.8 Å². The van der Waals surface area contributed by atoms with Crippen LogP contribution in [0.15, 0.2) is 60.7 Å². The number of hydrogen-bond donors (Lipinski definition) is 2. The van der Waals surface area contributed by atoms with Gasteiger partial charge in [-0.1, -0.05) is 60.7 Å². The Morgan fingerprint density at radius 2 is 1.38 bits per heavy atom. The molecule has 0 bridgehead atoms. The molecule has 0 unspecified atom stereocenters. The van der Waals surface area contributed by atoms with Crippen molar-refractivity contribution >= 4 is 17.3 Å². The first-order valence-corrected chi connectivity index (χ1v) is 7.85. The fourth-order valence-electron chi connectivity index (χ4n) is 2.14. The molecule has 0 aliphatic carbocycles. The van der Waals surface area contributed by atoms with Gasteiger partial charge in [0.15, 0.2) is 5.11 Å². The average molecular weight is 298 g/mol. The van der Waals surface area contributed by atoms with Crippen LogP contribution in [0.25, 0.3) is 0 Å². The van der Waals surface area contributed by atoms with Gasteiger partial charge in [0.1, 0.15) is 0 Å². The molecule has 0 aliphatic heterocycles.